The van der Waals surface area contributed by atoms with Crippen LogP contribution in [-0.2, 0) is 0 Å². The van der Waals surface area contributed by atoms with E-state index in [0.29, 0.717) is 34.8 Å². The normalized spacial score (nSPS) is 18.7. The van der Waals surface area contributed by atoms with Crippen molar-refractivity contribution in [2.45, 2.75) is 45.1 Å². The fourth-order valence-electron chi connectivity index (χ4n) is 3.81. The second kappa shape index (κ2) is 10.1. The minimum absolute atomic E-state index is 0.0167. The zero-order chi connectivity index (χ0) is 21.6. The molecule has 9 nitrogen and oxygen atoms in total. The Morgan fingerprint density at radius 3 is 2.58 bits per heavy atom. The van der Waals surface area contributed by atoms with Crippen molar-refractivity contribution in [3.8, 4) is 5.75 Å². The Labute approximate surface area is 185 Å². The first-order valence-corrected chi connectivity index (χ1v) is 11.6. The van der Waals surface area contributed by atoms with Gasteiger partial charge in [-0.1, -0.05) is 24.7 Å². The van der Waals surface area contributed by atoms with E-state index in [9.17, 15) is 0 Å². The molecule has 2 heterocycles. The number of nitrogens with one attached hydrogen (secondary N) is 3. The predicted molar refractivity (Wildman–Crippen MR) is 125 cm³/mol. The lowest BCUT2D eigenvalue weighted by Crippen LogP contribution is -2.27. The van der Waals surface area contributed by atoms with Crippen LogP contribution in [0, 0.1) is 5.92 Å². The molecule has 3 aromatic rings. The van der Waals surface area contributed by atoms with Gasteiger partial charge in [0.15, 0.2) is 5.13 Å². The van der Waals surface area contributed by atoms with Crippen molar-refractivity contribution in [2.24, 2.45) is 5.92 Å². The Morgan fingerprint density at radius 1 is 1.06 bits per heavy atom. The molecule has 0 atom stereocenters. The van der Waals surface area contributed by atoms with Crippen molar-refractivity contribution in [1.29, 1.82) is 0 Å². The van der Waals surface area contributed by atoms with Gasteiger partial charge in [-0.25, -0.2) is 4.98 Å². The highest BCUT2D eigenvalue weighted by Gasteiger charge is 2.21. The Hall–Kier alpha value is -2.72. The fraction of sp³-hybridized carbons (Fsp3) is 0.524. The summed E-state index contributed by atoms with van der Waals surface area (Å²) < 4.78 is 6.46. The molecule has 0 unspecified atom stereocenters. The lowest BCUT2D eigenvalue weighted by molar-refractivity contribution is 0.201. The van der Waals surface area contributed by atoms with E-state index in [1.165, 1.54) is 30.6 Å². The van der Waals surface area contributed by atoms with E-state index in [1.54, 1.807) is 7.05 Å². The van der Waals surface area contributed by atoms with Crippen LogP contribution in [0.4, 0.5) is 23.0 Å². The number of thiazole rings is 1. The number of ether oxygens (including phenoxy) is 1. The quantitative estimate of drug-likeness (QED) is 0.389. The molecule has 1 saturated carbocycles. The molecule has 4 rings (SSSR count). The first kappa shape index (κ1) is 21.5. The summed E-state index contributed by atoms with van der Waals surface area (Å²) in [6, 6.07) is 6.05. The monoisotopic (exact) mass is 443 g/mol. The Balaban J connectivity index is 1.48. The van der Waals surface area contributed by atoms with Crippen molar-refractivity contribution in [3.05, 3.63) is 18.2 Å². The molecule has 2 aromatic heterocycles. The molecule has 1 aromatic carbocycles. The number of anilines is 4. The third-order valence-electron chi connectivity index (χ3n) is 5.55. The number of hydrogen-bond donors (Lipinski definition) is 4. The van der Waals surface area contributed by atoms with Gasteiger partial charge in [-0.3, -0.25) is 5.32 Å². The van der Waals surface area contributed by atoms with Crippen LogP contribution in [0.15, 0.2) is 18.2 Å². The van der Waals surface area contributed by atoms with Gasteiger partial charge in [0.1, 0.15) is 12.4 Å². The summed E-state index contributed by atoms with van der Waals surface area (Å²) in [5.41, 5.74) is 0.859. The van der Waals surface area contributed by atoms with Crippen LogP contribution in [-0.4, -0.2) is 51.3 Å². The number of aliphatic hydroxyl groups excluding tert-OH is 1. The number of benzene rings is 1. The van der Waals surface area contributed by atoms with Crippen LogP contribution in [0.25, 0.3) is 10.2 Å². The van der Waals surface area contributed by atoms with Gasteiger partial charge in [0.05, 0.1) is 16.8 Å². The first-order valence-electron chi connectivity index (χ1n) is 10.8. The third kappa shape index (κ3) is 5.50. The van der Waals surface area contributed by atoms with Crippen molar-refractivity contribution in [1.82, 2.24) is 19.9 Å². The van der Waals surface area contributed by atoms with Crippen LogP contribution in [0.1, 0.15) is 39.0 Å². The molecule has 1 fully saturated rings. The van der Waals surface area contributed by atoms with Crippen LogP contribution in [0.2, 0.25) is 0 Å². The molecule has 0 amide bonds. The number of aromatic nitrogens is 4. The largest absolute Gasteiger partial charge is 0.491 e. The van der Waals surface area contributed by atoms with Crippen LogP contribution in [0.5, 0.6) is 5.75 Å². The minimum Gasteiger partial charge on any atom is -0.491 e. The van der Waals surface area contributed by atoms with Crippen molar-refractivity contribution < 1.29 is 9.84 Å². The van der Waals surface area contributed by atoms with Gasteiger partial charge in [-0.05, 0) is 49.8 Å². The Morgan fingerprint density at radius 2 is 1.84 bits per heavy atom. The van der Waals surface area contributed by atoms with Gasteiger partial charge >= 0.3 is 0 Å². The molecule has 0 bridgehead atoms. The molecule has 4 N–H and O–H groups in total. The molecule has 31 heavy (non-hydrogen) atoms. The molecular formula is C21H29N7O2S. The zero-order valence-corrected chi connectivity index (χ0v) is 18.7. The molecule has 0 radical (unpaired) electrons. The highest BCUT2D eigenvalue weighted by Crippen LogP contribution is 2.31. The van der Waals surface area contributed by atoms with E-state index in [0.717, 1.165) is 29.0 Å². The van der Waals surface area contributed by atoms with Gasteiger partial charge in [-0.15, -0.1) is 0 Å². The molecule has 0 spiro atoms. The summed E-state index contributed by atoms with van der Waals surface area (Å²) in [6.07, 6.45) is 6.03. The Kier molecular flexibility index (Phi) is 6.98. The van der Waals surface area contributed by atoms with Gasteiger partial charge in [0.25, 0.3) is 0 Å². The summed E-state index contributed by atoms with van der Waals surface area (Å²) >= 11 is 1.49. The van der Waals surface area contributed by atoms with Gasteiger partial charge < -0.3 is 20.5 Å². The number of nitrogens with zero attached hydrogens (tertiary/aromatic N) is 4. The molecular weight excluding hydrogens is 414 g/mol. The third-order valence-corrected chi connectivity index (χ3v) is 6.49. The van der Waals surface area contributed by atoms with E-state index in [-0.39, 0.29) is 13.2 Å². The number of hydrogen-bond acceptors (Lipinski definition) is 10. The summed E-state index contributed by atoms with van der Waals surface area (Å²) in [5.74, 6) is 3.07. The number of aliphatic hydroxyl groups is 1. The maximum absolute atomic E-state index is 8.93. The number of rotatable bonds is 9. The second-order valence-electron chi connectivity index (χ2n) is 7.67. The van der Waals surface area contributed by atoms with Gasteiger partial charge in [0.2, 0.25) is 17.8 Å². The van der Waals surface area contributed by atoms with Crippen molar-refractivity contribution in [2.75, 3.05) is 36.2 Å². The second-order valence-corrected chi connectivity index (χ2v) is 8.70. The van der Waals surface area contributed by atoms with Crippen molar-refractivity contribution in [3.63, 3.8) is 0 Å². The van der Waals surface area contributed by atoms with E-state index >= 15 is 0 Å². The zero-order valence-electron chi connectivity index (χ0n) is 17.9. The Bertz CT molecular complexity index is 1000. The standard InChI is InChI=1S/C21H29N7O2S/c1-3-13-4-6-14(7-5-13)23-19-25-18(22-2)26-20(27-19)28-21-24-16-9-8-15(30-11-10-29)12-17(16)31-21/h8-9,12-14,29H,3-7,10-11H2,1-2H3,(H3,22,23,24,25,26,27,28). The lowest BCUT2D eigenvalue weighted by Gasteiger charge is -2.28. The topological polar surface area (TPSA) is 117 Å². The molecule has 1 aliphatic carbocycles. The maximum Gasteiger partial charge on any atom is 0.235 e. The van der Waals surface area contributed by atoms with E-state index in [1.807, 2.05) is 18.2 Å². The first-order chi connectivity index (χ1) is 15.2. The molecule has 0 aliphatic heterocycles. The highest BCUT2D eigenvalue weighted by atomic mass is 32.1. The van der Waals surface area contributed by atoms with E-state index < -0.39 is 0 Å². The molecule has 10 heteroatoms. The average Bonchev–Trinajstić information content (AvgIpc) is 3.19. The SMILES string of the molecule is CCC1CCC(Nc2nc(NC)nc(Nc3nc4ccc(OCCO)cc4s3)n2)CC1. The van der Waals surface area contributed by atoms with Gasteiger partial charge in [0, 0.05) is 13.1 Å². The average molecular weight is 444 g/mol. The fourth-order valence-corrected chi connectivity index (χ4v) is 4.70. The van der Waals surface area contributed by atoms with Crippen molar-refractivity contribution >= 4 is 44.5 Å². The molecule has 166 valence electrons. The summed E-state index contributed by atoms with van der Waals surface area (Å²) in [7, 11) is 1.79. The van der Waals surface area contributed by atoms with Crippen LogP contribution < -0.4 is 20.7 Å². The lowest BCUT2D eigenvalue weighted by atomic mass is 9.85. The summed E-state index contributed by atoms with van der Waals surface area (Å²) in [4.78, 5) is 18.1. The minimum atomic E-state index is -0.0167. The smallest absolute Gasteiger partial charge is 0.235 e. The maximum atomic E-state index is 8.93. The van der Waals surface area contributed by atoms with Gasteiger partial charge in [-0.2, -0.15) is 15.0 Å². The molecule has 0 saturated heterocycles. The molecule has 1 aliphatic rings. The van der Waals surface area contributed by atoms with Crippen LogP contribution in [0.3, 0.4) is 0 Å². The summed E-state index contributed by atoms with van der Waals surface area (Å²) in [6.45, 7) is 2.52. The highest BCUT2D eigenvalue weighted by molar-refractivity contribution is 7.22. The van der Waals surface area contributed by atoms with Crippen LogP contribution >= 0.6 is 11.3 Å². The number of fused-ring (bicyclic) bond motifs is 1. The van der Waals surface area contributed by atoms with E-state index in [4.69, 9.17) is 9.84 Å². The summed E-state index contributed by atoms with van der Waals surface area (Å²) in [5, 5.41) is 19.3. The van der Waals surface area contributed by atoms with E-state index in [2.05, 4.69) is 42.8 Å². The predicted octanol–water partition coefficient (Wildman–Crippen LogP) is 4.02.